The van der Waals surface area contributed by atoms with E-state index in [9.17, 15) is 9.59 Å². The molecule has 0 radical (unpaired) electrons. The van der Waals surface area contributed by atoms with Crippen molar-refractivity contribution in [2.24, 2.45) is 0 Å². The van der Waals surface area contributed by atoms with Crippen LogP contribution in [-0.4, -0.2) is 22.3 Å². The first kappa shape index (κ1) is 13.7. The highest BCUT2D eigenvalue weighted by Crippen LogP contribution is 2.33. The van der Waals surface area contributed by atoms with Crippen molar-refractivity contribution >= 4 is 5.91 Å². The lowest BCUT2D eigenvalue weighted by molar-refractivity contribution is 0.0719. The van der Waals surface area contributed by atoms with Crippen LogP contribution in [-0.2, 0) is 6.42 Å². The molecule has 1 aliphatic rings. The third kappa shape index (κ3) is 2.63. The molecule has 5 heteroatoms. The van der Waals surface area contributed by atoms with Crippen molar-refractivity contribution in [3.05, 3.63) is 57.9 Å². The van der Waals surface area contributed by atoms with Gasteiger partial charge in [-0.15, -0.1) is 0 Å². The van der Waals surface area contributed by atoms with Crippen molar-refractivity contribution in [3.8, 4) is 0 Å². The molecule has 1 atom stereocenters. The molecular weight excluding hydrogens is 268 g/mol. The van der Waals surface area contributed by atoms with Gasteiger partial charge in [-0.2, -0.15) is 0 Å². The number of hydrogen-bond donors (Lipinski definition) is 1. The average molecular weight is 286 g/mol. The van der Waals surface area contributed by atoms with E-state index in [1.807, 2.05) is 19.1 Å². The van der Waals surface area contributed by atoms with Crippen LogP contribution in [0.4, 0.5) is 0 Å². The summed E-state index contributed by atoms with van der Waals surface area (Å²) in [5, 5.41) is 0. The molecule has 21 heavy (non-hydrogen) atoms. The Morgan fingerprint density at radius 1 is 1.48 bits per heavy atom. The van der Waals surface area contributed by atoms with E-state index in [4.69, 9.17) is 4.42 Å². The number of carbonyl (C=O) groups is 1. The fraction of sp³-hybridized carbons (Fsp3) is 0.375. The number of nitrogens with zero attached hydrogens (tertiary/aromatic N) is 1. The summed E-state index contributed by atoms with van der Waals surface area (Å²) in [4.78, 5) is 28.9. The molecule has 1 amide bonds. The number of carbonyl (C=O) groups excluding carboxylic acids is 1. The second kappa shape index (κ2) is 5.60. The molecule has 1 N–H and O–H groups in total. The maximum atomic E-state index is 12.7. The summed E-state index contributed by atoms with van der Waals surface area (Å²) >= 11 is 0. The Kier molecular flexibility index (Phi) is 3.64. The summed E-state index contributed by atoms with van der Waals surface area (Å²) in [5.74, 6) is 0.705. The van der Waals surface area contributed by atoms with E-state index in [-0.39, 0.29) is 17.5 Å². The van der Waals surface area contributed by atoms with Gasteiger partial charge in [0.15, 0.2) is 0 Å². The SMILES string of the molecule is CCc1cc(C(=O)N2CCC[C@@H]2c2ccco2)cc(=O)[nH]1. The first-order chi connectivity index (χ1) is 10.2. The summed E-state index contributed by atoms with van der Waals surface area (Å²) < 4.78 is 5.44. The minimum atomic E-state index is -0.230. The molecule has 0 aromatic carbocycles. The minimum Gasteiger partial charge on any atom is -0.467 e. The zero-order valence-corrected chi connectivity index (χ0v) is 12.0. The van der Waals surface area contributed by atoms with Gasteiger partial charge in [-0.3, -0.25) is 9.59 Å². The van der Waals surface area contributed by atoms with Crippen molar-refractivity contribution in [2.45, 2.75) is 32.2 Å². The fourth-order valence-corrected chi connectivity index (χ4v) is 2.87. The molecule has 1 aliphatic heterocycles. The van der Waals surface area contributed by atoms with Crippen LogP contribution >= 0.6 is 0 Å². The van der Waals surface area contributed by atoms with Gasteiger partial charge in [-0.25, -0.2) is 0 Å². The summed E-state index contributed by atoms with van der Waals surface area (Å²) in [6, 6.07) is 6.83. The molecule has 5 nitrogen and oxygen atoms in total. The van der Waals surface area contributed by atoms with Crippen LogP contribution in [0.2, 0.25) is 0 Å². The van der Waals surface area contributed by atoms with Gasteiger partial charge >= 0.3 is 0 Å². The van der Waals surface area contributed by atoms with Gasteiger partial charge in [-0.05, 0) is 37.5 Å². The number of pyridine rings is 1. The lowest BCUT2D eigenvalue weighted by atomic mass is 10.1. The molecule has 3 rings (SSSR count). The van der Waals surface area contributed by atoms with Gasteiger partial charge in [0, 0.05) is 23.9 Å². The van der Waals surface area contributed by atoms with Crippen molar-refractivity contribution < 1.29 is 9.21 Å². The topological polar surface area (TPSA) is 66.3 Å². The normalized spacial score (nSPS) is 18.1. The van der Waals surface area contributed by atoms with Crippen LogP contribution < -0.4 is 5.56 Å². The number of aromatic nitrogens is 1. The monoisotopic (exact) mass is 286 g/mol. The highest BCUT2D eigenvalue weighted by Gasteiger charge is 2.32. The highest BCUT2D eigenvalue weighted by molar-refractivity contribution is 5.94. The largest absolute Gasteiger partial charge is 0.467 e. The molecule has 0 bridgehead atoms. The number of nitrogens with one attached hydrogen (secondary N) is 1. The number of hydrogen-bond acceptors (Lipinski definition) is 3. The molecule has 0 aliphatic carbocycles. The average Bonchev–Trinajstić information content (AvgIpc) is 3.16. The van der Waals surface area contributed by atoms with E-state index in [1.54, 1.807) is 17.2 Å². The van der Waals surface area contributed by atoms with Crippen LogP contribution in [0.1, 0.15) is 47.6 Å². The third-order valence-electron chi connectivity index (χ3n) is 3.91. The van der Waals surface area contributed by atoms with Gasteiger partial charge in [-0.1, -0.05) is 6.92 Å². The van der Waals surface area contributed by atoms with Crippen LogP contribution in [0.3, 0.4) is 0 Å². The predicted octanol–water partition coefficient (Wildman–Crippen LogP) is 2.51. The smallest absolute Gasteiger partial charge is 0.254 e. The van der Waals surface area contributed by atoms with Gasteiger partial charge in [0.2, 0.25) is 5.56 Å². The Balaban J connectivity index is 1.91. The summed E-state index contributed by atoms with van der Waals surface area (Å²) in [7, 11) is 0. The van der Waals surface area contributed by atoms with Crippen molar-refractivity contribution in [3.63, 3.8) is 0 Å². The first-order valence-corrected chi connectivity index (χ1v) is 7.26. The summed E-state index contributed by atoms with van der Waals surface area (Å²) in [6.45, 7) is 2.64. The van der Waals surface area contributed by atoms with Crippen LogP contribution in [0.5, 0.6) is 0 Å². The second-order valence-electron chi connectivity index (χ2n) is 5.28. The molecule has 2 aromatic rings. The molecule has 0 unspecified atom stereocenters. The van der Waals surface area contributed by atoms with Crippen LogP contribution in [0, 0.1) is 0 Å². The zero-order valence-electron chi connectivity index (χ0n) is 12.0. The molecular formula is C16H18N2O3. The molecule has 3 heterocycles. The summed E-state index contributed by atoms with van der Waals surface area (Å²) in [6.07, 6.45) is 4.15. The highest BCUT2D eigenvalue weighted by atomic mass is 16.3. The van der Waals surface area contributed by atoms with Crippen LogP contribution in [0.15, 0.2) is 39.7 Å². The van der Waals surface area contributed by atoms with E-state index in [0.29, 0.717) is 18.5 Å². The second-order valence-corrected chi connectivity index (χ2v) is 5.28. The number of likely N-dealkylation sites (tertiary alicyclic amines) is 1. The fourth-order valence-electron chi connectivity index (χ4n) is 2.87. The van der Waals surface area contributed by atoms with E-state index in [1.165, 1.54) is 6.07 Å². The molecule has 2 aromatic heterocycles. The van der Waals surface area contributed by atoms with E-state index in [2.05, 4.69) is 4.98 Å². The standard InChI is InChI=1S/C16H18N2O3/c1-2-12-9-11(10-15(19)17-12)16(20)18-7-3-5-13(18)14-6-4-8-21-14/h4,6,8-10,13H,2-3,5,7H2,1H3,(H,17,19)/t13-/m1/s1. The number of furan rings is 1. The molecule has 110 valence electrons. The van der Waals surface area contributed by atoms with E-state index in [0.717, 1.165) is 24.3 Å². The van der Waals surface area contributed by atoms with Crippen molar-refractivity contribution in [1.29, 1.82) is 0 Å². The number of rotatable bonds is 3. The Morgan fingerprint density at radius 2 is 2.33 bits per heavy atom. The van der Waals surface area contributed by atoms with Gasteiger partial charge < -0.3 is 14.3 Å². The lowest BCUT2D eigenvalue weighted by Gasteiger charge is -2.23. The Bertz CT molecular complexity index is 688. The Hall–Kier alpha value is -2.30. The first-order valence-electron chi connectivity index (χ1n) is 7.26. The minimum absolute atomic E-state index is 0.0307. The number of aromatic amines is 1. The van der Waals surface area contributed by atoms with Gasteiger partial charge in [0.25, 0.3) is 5.91 Å². The predicted molar refractivity (Wildman–Crippen MR) is 78.2 cm³/mol. The van der Waals surface area contributed by atoms with E-state index < -0.39 is 0 Å². The zero-order chi connectivity index (χ0) is 14.8. The molecule has 1 fully saturated rings. The van der Waals surface area contributed by atoms with Crippen molar-refractivity contribution in [1.82, 2.24) is 9.88 Å². The third-order valence-corrected chi connectivity index (χ3v) is 3.91. The van der Waals surface area contributed by atoms with E-state index >= 15 is 0 Å². The Labute approximate surface area is 122 Å². The lowest BCUT2D eigenvalue weighted by Crippen LogP contribution is -2.31. The molecule has 1 saturated heterocycles. The molecule has 0 saturated carbocycles. The summed E-state index contributed by atoms with van der Waals surface area (Å²) in [5.41, 5.74) is 1.00. The number of aryl methyl sites for hydroxylation is 1. The maximum Gasteiger partial charge on any atom is 0.254 e. The maximum absolute atomic E-state index is 12.7. The molecule has 0 spiro atoms. The van der Waals surface area contributed by atoms with Gasteiger partial charge in [0.05, 0.1) is 12.3 Å². The Morgan fingerprint density at radius 3 is 3.05 bits per heavy atom. The van der Waals surface area contributed by atoms with Crippen LogP contribution in [0.25, 0.3) is 0 Å². The van der Waals surface area contributed by atoms with Crippen molar-refractivity contribution in [2.75, 3.05) is 6.54 Å². The van der Waals surface area contributed by atoms with Gasteiger partial charge in [0.1, 0.15) is 5.76 Å². The number of H-pyrrole nitrogens is 1. The quantitative estimate of drug-likeness (QED) is 0.942. The number of amides is 1.